The van der Waals surface area contributed by atoms with Gasteiger partial charge in [-0.2, -0.15) is 0 Å². The lowest BCUT2D eigenvalue weighted by atomic mass is 9.95. The van der Waals surface area contributed by atoms with E-state index in [0.717, 1.165) is 11.1 Å². The number of nitrogens with zero attached hydrogens (tertiary/aromatic N) is 1. The van der Waals surface area contributed by atoms with Crippen LogP contribution in [0.15, 0.2) is 42.5 Å². The van der Waals surface area contributed by atoms with Gasteiger partial charge in [-0.3, -0.25) is 24.0 Å². The van der Waals surface area contributed by atoms with Gasteiger partial charge in [-0.1, -0.05) is 30.3 Å². The van der Waals surface area contributed by atoms with E-state index in [9.17, 15) is 28.8 Å². The number of carbonyl (C=O) groups is 6. The molecule has 5 amide bonds. The van der Waals surface area contributed by atoms with Crippen molar-refractivity contribution in [2.45, 2.75) is 44.9 Å². The molecule has 5 N–H and O–H groups in total. The average Bonchev–Trinajstić information content (AvgIpc) is 3.41. The van der Waals surface area contributed by atoms with Crippen molar-refractivity contribution in [1.82, 2.24) is 31.6 Å². The second-order valence-corrected chi connectivity index (χ2v) is 9.93. The van der Waals surface area contributed by atoms with Crippen LogP contribution in [0.5, 0.6) is 5.88 Å². The number of aryl methyl sites for hydroxylation is 1. The summed E-state index contributed by atoms with van der Waals surface area (Å²) in [6.07, 6.45) is -0.537. The number of hydrogen-bond acceptors (Lipinski definition) is 9. The van der Waals surface area contributed by atoms with Crippen LogP contribution in [0, 0.1) is 12.8 Å². The van der Waals surface area contributed by atoms with Crippen LogP contribution in [-0.4, -0.2) is 79.8 Å². The van der Waals surface area contributed by atoms with E-state index in [-0.39, 0.29) is 25.4 Å². The van der Waals surface area contributed by atoms with Crippen LogP contribution in [0.25, 0.3) is 0 Å². The summed E-state index contributed by atoms with van der Waals surface area (Å²) < 4.78 is 10.5. The first kappa shape index (κ1) is 32.5. The summed E-state index contributed by atoms with van der Waals surface area (Å²) >= 11 is 0. The van der Waals surface area contributed by atoms with Crippen molar-refractivity contribution < 1.29 is 38.2 Å². The van der Waals surface area contributed by atoms with Gasteiger partial charge in [-0.25, -0.2) is 9.78 Å². The predicted octanol–water partition coefficient (Wildman–Crippen LogP) is -0.322. The molecule has 0 radical (unpaired) electrons. The first-order valence-electron chi connectivity index (χ1n) is 13.7. The van der Waals surface area contributed by atoms with E-state index in [1.807, 2.05) is 13.0 Å². The predicted molar refractivity (Wildman–Crippen MR) is 153 cm³/mol. The van der Waals surface area contributed by atoms with Gasteiger partial charge in [0.25, 0.3) is 5.91 Å². The maximum atomic E-state index is 13.2. The van der Waals surface area contributed by atoms with Gasteiger partial charge in [-0.15, -0.1) is 0 Å². The molecule has 0 bridgehead atoms. The van der Waals surface area contributed by atoms with Crippen LogP contribution in [0.1, 0.15) is 29.7 Å². The Balaban J connectivity index is 1.67. The Morgan fingerprint density at radius 1 is 1.07 bits per heavy atom. The highest BCUT2D eigenvalue weighted by molar-refractivity contribution is 6.38. The Morgan fingerprint density at radius 3 is 2.47 bits per heavy atom. The monoisotopic (exact) mass is 596 g/mol. The third kappa shape index (κ3) is 10.1. The van der Waals surface area contributed by atoms with E-state index in [1.165, 1.54) is 14.2 Å². The molecule has 1 saturated heterocycles. The number of Topliss-reactive ketones (excluding diaryl/α,β-unsaturated/α-hetero) is 1. The molecule has 14 nitrogen and oxygen atoms in total. The Labute approximate surface area is 248 Å². The van der Waals surface area contributed by atoms with Gasteiger partial charge in [0.05, 0.1) is 19.7 Å². The molecule has 0 aliphatic carbocycles. The van der Waals surface area contributed by atoms with Crippen LogP contribution in [0.4, 0.5) is 4.79 Å². The maximum Gasteiger partial charge on any atom is 0.408 e. The van der Waals surface area contributed by atoms with Crippen LogP contribution in [0.2, 0.25) is 0 Å². The third-order valence-electron chi connectivity index (χ3n) is 6.65. The van der Waals surface area contributed by atoms with Crippen LogP contribution >= 0.6 is 0 Å². The Morgan fingerprint density at radius 2 is 1.81 bits per heavy atom. The minimum atomic E-state index is -1.27. The summed E-state index contributed by atoms with van der Waals surface area (Å²) in [7, 11) is 2.73. The molecule has 43 heavy (non-hydrogen) atoms. The van der Waals surface area contributed by atoms with Gasteiger partial charge in [0.2, 0.25) is 29.4 Å². The molecule has 230 valence electrons. The van der Waals surface area contributed by atoms with E-state index in [1.54, 1.807) is 36.4 Å². The molecule has 1 aliphatic heterocycles. The Hall–Kier alpha value is -5.01. The first-order valence-corrected chi connectivity index (χ1v) is 13.7. The topological polar surface area (TPSA) is 194 Å². The van der Waals surface area contributed by atoms with Crippen molar-refractivity contribution in [2.24, 2.45) is 5.92 Å². The van der Waals surface area contributed by atoms with Gasteiger partial charge < -0.3 is 36.1 Å². The molecule has 3 rings (SSSR count). The first-order chi connectivity index (χ1) is 20.6. The van der Waals surface area contributed by atoms with Gasteiger partial charge in [0, 0.05) is 37.7 Å². The zero-order chi connectivity index (χ0) is 31.4. The van der Waals surface area contributed by atoms with Gasteiger partial charge in [-0.05, 0) is 37.0 Å². The molecule has 0 unspecified atom stereocenters. The molecule has 3 atom stereocenters. The van der Waals surface area contributed by atoms with Gasteiger partial charge in [0.15, 0.2) is 0 Å². The van der Waals surface area contributed by atoms with Crippen molar-refractivity contribution in [3.8, 4) is 5.88 Å². The fourth-order valence-corrected chi connectivity index (χ4v) is 4.44. The molecular formula is C29H36N6O8. The lowest BCUT2D eigenvalue weighted by molar-refractivity contribution is -0.140. The fourth-order valence-electron chi connectivity index (χ4n) is 4.44. The van der Waals surface area contributed by atoms with E-state index in [4.69, 9.17) is 9.47 Å². The second kappa shape index (κ2) is 15.8. The van der Waals surface area contributed by atoms with Crippen molar-refractivity contribution >= 4 is 35.5 Å². The molecule has 1 aliphatic rings. The number of pyridine rings is 1. The standard InChI is InChI=1S/C29H36N6O8/c1-17-11-20(33-24(12-17)42-3)14-22(35-29(41)43-16-18-7-5-4-6-8-18)27(39)32-15-23(36)34-21(25(37)28(40)30-2)13-19-9-10-31-26(19)38/h4-8,11-12,19,21-22H,9-10,13-16H2,1-3H3,(H,30,40)(H,31,38)(H,32,39)(H,34,36)(H,35,41)/t19-,21-,22-/m0/s1. The lowest BCUT2D eigenvalue weighted by Gasteiger charge is -2.21. The molecule has 0 saturated carbocycles. The van der Waals surface area contributed by atoms with Crippen LogP contribution < -0.4 is 31.3 Å². The maximum absolute atomic E-state index is 13.2. The Bertz CT molecular complexity index is 1340. The van der Waals surface area contributed by atoms with Crippen LogP contribution in [-0.2, 0) is 41.7 Å². The summed E-state index contributed by atoms with van der Waals surface area (Å²) in [5.74, 6) is -3.83. The minimum Gasteiger partial charge on any atom is -0.481 e. The fraction of sp³-hybridized carbons (Fsp3) is 0.414. The molecule has 1 aromatic heterocycles. The summed E-state index contributed by atoms with van der Waals surface area (Å²) in [5.41, 5.74) is 2.00. The summed E-state index contributed by atoms with van der Waals surface area (Å²) in [6, 6.07) is 9.93. The molecule has 1 aromatic carbocycles. The number of benzene rings is 1. The number of amides is 5. The summed E-state index contributed by atoms with van der Waals surface area (Å²) in [5, 5.41) is 12.3. The van der Waals surface area contributed by atoms with Crippen molar-refractivity contribution in [3.05, 3.63) is 59.3 Å². The highest BCUT2D eigenvalue weighted by Gasteiger charge is 2.34. The van der Waals surface area contributed by atoms with E-state index in [2.05, 4.69) is 31.6 Å². The normalized spacial score (nSPS) is 15.3. The van der Waals surface area contributed by atoms with Gasteiger partial charge in [0.1, 0.15) is 12.6 Å². The molecular weight excluding hydrogens is 560 g/mol. The second-order valence-electron chi connectivity index (χ2n) is 9.93. The highest BCUT2D eigenvalue weighted by Crippen LogP contribution is 2.17. The highest BCUT2D eigenvalue weighted by atomic mass is 16.5. The van der Waals surface area contributed by atoms with Gasteiger partial charge >= 0.3 is 6.09 Å². The average molecular weight is 597 g/mol. The number of nitrogens with one attached hydrogen (secondary N) is 5. The third-order valence-corrected chi connectivity index (χ3v) is 6.65. The largest absolute Gasteiger partial charge is 0.481 e. The number of alkyl carbamates (subject to hydrolysis) is 1. The molecule has 1 fully saturated rings. The number of methoxy groups -OCH3 is 1. The minimum absolute atomic E-state index is 0.0281. The zero-order valence-electron chi connectivity index (χ0n) is 24.2. The van der Waals surface area contributed by atoms with E-state index >= 15 is 0 Å². The van der Waals surface area contributed by atoms with E-state index < -0.39 is 54.1 Å². The SMILES string of the molecule is CNC(=O)C(=O)[C@H](C[C@@H]1CCNC1=O)NC(=O)CNC(=O)[C@H](Cc1cc(C)cc(OC)n1)NC(=O)OCc1ccccc1. The zero-order valence-corrected chi connectivity index (χ0v) is 24.2. The van der Waals surface area contributed by atoms with Crippen LogP contribution in [0.3, 0.4) is 0 Å². The number of hydrogen-bond donors (Lipinski definition) is 5. The summed E-state index contributed by atoms with van der Waals surface area (Å²) in [6.45, 7) is 1.65. The van der Waals surface area contributed by atoms with Crippen molar-refractivity contribution in [3.63, 3.8) is 0 Å². The molecule has 14 heteroatoms. The smallest absolute Gasteiger partial charge is 0.408 e. The quantitative estimate of drug-likeness (QED) is 0.182. The number of likely N-dealkylation sites (N-methyl/N-ethyl adjacent to an activating group) is 1. The number of ether oxygens (including phenoxy) is 2. The van der Waals surface area contributed by atoms with E-state index in [0.29, 0.717) is 24.5 Å². The molecule has 2 heterocycles. The van der Waals surface area contributed by atoms with Crippen molar-refractivity contribution in [2.75, 3.05) is 27.2 Å². The molecule has 2 aromatic rings. The number of ketones is 1. The number of rotatable bonds is 14. The lowest BCUT2D eigenvalue weighted by Crippen LogP contribution is -2.53. The number of aromatic nitrogens is 1. The molecule has 0 spiro atoms. The summed E-state index contributed by atoms with van der Waals surface area (Å²) in [4.78, 5) is 79.5. The number of carbonyl (C=O) groups excluding carboxylic acids is 6. The Kier molecular flexibility index (Phi) is 12.0. The van der Waals surface area contributed by atoms with Crippen molar-refractivity contribution in [1.29, 1.82) is 0 Å².